The van der Waals surface area contributed by atoms with Crippen LogP contribution < -0.4 is 10.6 Å². The zero-order valence-electron chi connectivity index (χ0n) is 15.1. The molecule has 1 aliphatic rings. The van der Waals surface area contributed by atoms with Gasteiger partial charge in [0.15, 0.2) is 17.4 Å². The number of nitrogens with one attached hydrogen (secondary N) is 2. The molecule has 0 spiro atoms. The third kappa shape index (κ3) is 5.55. The van der Waals surface area contributed by atoms with Gasteiger partial charge in [0.25, 0.3) is 0 Å². The second-order valence-corrected chi connectivity index (χ2v) is 6.82. The minimum absolute atomic E-state index is 0. The van der Waals surface area contributed by atoms with Crippen LogP contribution in [0.25, 0.3) is 5.65 Å². The first-order valence-electron chi connectivity index (χ1n) is 8.99. The van der Waals surface area contributed by atoms with E-state index in [0.717, 1.165) is 35.8 Å². The first-order chi connectivity index (χ1) is 11.8. The van der Waals surface area contributed by atoms with Gasteiger partial charge >= 0.3 is 0 Å². The maximum Gasteiger partial charge on any atom is 0.191 e. The van der Waals surface area contributed by atoms with Gasteiger partial charge in [0.2, 0.25) is 0 Å². The van der Waals surface area contributed by atoms with Gasteiger partial charge in [-0.1, -0.05) is 32.3 Å². The summed E-state index contributed by atoms with van der Waals surface area (Å²) in [5, 5.41) is 15.1. The molecule has 0 saturated heterocycles. The lowest BCUT2D eigenvalue weighted by Crippen LogP contribution is -2.38. The maximum atomic E-state index is 4.30. The fraction of sp³-hybridized carbons (Fsp3) is 0.611. The number of rotatable bonds is 5. The van der Waals surface area contributed by atoms with Crippen molar-refractivity contribution in [1.29, 1.82) is 0 Å². The molecule has 3 rings (SSSR count). The first-order valence-corrected chi connectivity index (χ1v) is 8.99. The molecular formula is C18H29IN6. The Morgan fingerprint density at radius 2 is 2.16 bits per heavy atom. The molecule has 2 heterocycles. The molecule has 7 heteroatoms. The van der Waals surface area contributed by atoms with Crippen LogP contribution in [0.2, 0.25) is 0 Å². The van der Waals surface area contributed by atoms with Crippen molar-refractivity contribution in [3.05, 3.63) is 30.2 Å². The van der Waals surface area contributed by atoms with Crippen LogP contribution in [0.15, 0.2) is 29.4 Å². The van der Waals surface area contributed by atoms with E-state index in [2.05, 4.69) is 32.7 Å². The highest BCUT2D eigenvalue weighted by Gasteiger charge is 2.18. The van der Waals surface area contributed by atoms with Gasteiger partial charge in [-0.05, 0) is 36.8 Å². The van der Waals surface area contributed by atoms with Crippen molar-refractivity contribution in [1.82, 2.24) is 25.2 Å². The molecule has 1 saturated carbocycles. The van der Waals surface area contributed by atoms with Crippen LogP contribution in [-0.2, 0) is 6.54 Å². The number of aromatic nitrogens is 3. The molecule has 1 fully saturated rings. The average Bonchev–Trinajstić information content (AvgIpc) is 3.01. The van der Waals surface area contributed by atoms with Crippen molar-refractivity contribution >= 4 is 35.6 Å². The van der Waals surface area contributed by atoms with Crippen molar-refractivity contribution in [2.24, 2.45) is 16.8 Å². The monoisotopic (exact) mass is 456 g/mol. The van der Waals surface area contributed by atoms with Crippen LogP contribution in [0.3, 0.4) is 0 Å². The molecule has 2 aromatic heterocycles. The fourth-order valence-electron chi connectivity index (χ4n) is 3.61. The molecule has 2 unspecified atom stereocenters. The number of pyridine rings is 1. The van der Waals surface area contributed by atoms with Gasteiger partial charge in [-0.25, -0.2) is 0 Å². The number of hydrogen-bond acceptors (Lipinski definition) is 3. The van der Waals surface area contributed by atoms with Crippen LogP contribution in [-0.4, -0.2) is 34.2 Å². The lowest BCUT2D eigenvalue weighted by Gasteiger charge is -2.26. The van der Waals surface area contributed by atoms with Crippen molar-refractivity contribution in [2.75, 3.05) is 13.6 Å². The summed E-state index contributed by atoms with van der Waals surface area (Å²) >= 11 is 0. The van der Waals surface area contributed by atoms with Gasteiger partial charge < -0.3 is 10.6 Å². The third-order valence-electron chi connectivity index (χ3n) is 4.91. The highest BCUT2D eigenvalue weighted by atomic mass is 127. The summed E-state index contributed by atoms with van der Waals surface area (Å²) in [6.07, 6.45) is 8.74. The number of halogens is 1. The highest BCUT2D eigenvalue weighted by Crippen LogP contribution is 2.30. The smallest absolute Gasteiger partial charge is 0.191 e. The second-order valence-electron chi connectivity index (χ2n) is 6.82. The van der Waals surface area contributed by atoms with Gasteiger partial charge in [0.1, 0.15) is 0 Å². The zero-order valence-corrected chi connectivity index (χ0v) is 17.4. The van der Waals surface area contributed by atoms with Gasteiger partial charge in [0, 0.05) is 19.8 Å². The van der Waals surface area contributed by atoms with Crippen LogP contribution >= 0.6 is 24.0 Å². The molecule has 0 aromatic carbocycles. The zero-order chi connectivity index (χ0) is 16.8. The Hall–Kier alpha value is -1.38. The summed E-state index contributed by atoms with van der Waals surface area (Å²) in [7, 11) is 1.81. The van der Waals surface area contributed by atoms with Crippen molar-refractivity contribution in [2.45, 2.75) is 45.6 Å². The maximum absolute atomic E-state index is 4.30. The van der Waals surface area contributed by atoms with E-state index in [0.29, 0.717) is 6.54 Å². The Balaban J connectivity index is 0.00000225. The van der Waals surface area contributed by atoms with E-state index in [1.54, 1.807) is 7.05 Å². The molecule has 6 nitrogen and oxygen atoms in total. The average molecular weight is 456 g/mol. The Labute approximate surface area is 166 Å². The molecule has 0 aliphatic heterocycles. The summed E-state index contributed by atoms with van der Waals surface area (Å²) in [6, 6.07) is 5.90. The minimum atomic E-state index is 0. The second kappa shape index (κ2) is 9.94. The van der Waals surface area contributed by atoms with Crippen molar-refractivity contribution in [3.63, 3.8) is 0 Å². The van der Waals surface area contributed by atoms with E-state index in [9.17, 15) is 0 Å². The molecular weight excluding hydrogens is 427 g/mol. The van der Waals surface area contributed by atoms with Crippen LogP contribution in [0.5, 0.6) is 0 Å². The topological polar surface area (TPSA) is 66.6 Å². The van der Waals surface area contributed by atoms with Crippen molar-refractivity contribution in [3.8, 4) is 0 Å². The molecule has 1 aliphatic carbocycles. The highest BCUT2D eigenvalue weighted by molar-refractivity contribution is 14.0. The Kier molecular flexibility index (Phi) is 7.92. The first kappa shape index (κ1) is 19.9. The van der Waals surface area contributed by atoms with E-state index in [1.165, 1.54) is 32.1 Å². The summed E-state index contributed by atoms with van der Waals surface area (Å²) in [6.45, 7) is 3.95. The molecule has 0 radical (unpaired) electrons. The summed E-state index contributed by atoms with van der Waals surface area (Å²) < 4.78 is 1.99. The number of aliphatic imine (C=N–C) groups is 1. The molecule has 138 valence electrons. The minimum Gasteiger partial charge on any atom is -0.356 e. The van der Waals surface area contributed by atoms with Crippen LogP contribution in [0.4, 0.5) is 0 Å². The predicted molar refractivity (Wildman–Crippen MR) is 112 cm³/mol. The third-order valence-corrected chi connectivity index (χ3v) is 4.91. The summed E-state index contributed by atoms with van der Waals surface area (Å²) in [5.41, 5.74) is 0.865. The molecule has 2 atom stereocenters. The van der Waals surface area contributed by atoms with E-state index in [4.69, 9.17) is 0 Å². The number of hydrogen-bond donors (Lipinski definition) is 2. The molecule has 0 bridgehead atoms. The van der Waals surface area contributed by atoms with Gasteiger partial charge in [0.05, 0.1) is 6.54 Å². The van der Waals surface area contributed by atoms with Gasteiger partial charge in [-0.2, -0.15) is 0 Å². The molecule has 2 aromatic rings. The van der Waals surface area contributed by atoms with E-state index >= 15 is 0 Å². The standard InChI is InChI=1S/C18H28N6.HI/c1-14-6-5-7-15(12-14)9-10-20-18(19-2)21-13-17-23-22-16-8-3-4-11-24(16)17;/h3-4,8,11,14-15H,5-7,9-10,12-13H2,1-2H3,(H2,19,20,21);1H. The van der Waals surface area contributed by atoms with Crippen LogP contribution in [0, 0.1) is 11.8 Å². The Morgan fingerprint density at radius 3 is 2.96 bits per heavy atom. The SMILES string of the molecule is CN=C(NCCC1CCCC(C)C1)NCc1nnc2ccccn12.I. The quantitative estimate of drug-likeness (QED) is 0.412. The number of fused-ring (bicyclic) bond motifs is 1. The lowest BCUT2D eigenvalue weighted by atomic mass is 9.81. The van der Waals surface area contributed by atoms with Crippen LogP contribution in [0.1, 0.15) is 44.9 Å². The Bertz CT molecular complexity index is 683. The number of nitrogens with zero attached hydrogens (tertiary/aromatic N) is 4. The van der Waals surface area contributed by atoms with Gasteiger partial charge in [-0.3, -0.25) is 9.39 Å². The normalized spacial score (nSPS) is 21.0. The van der Waals surface area contributed by atoms with E-state index < -0.39 is 0 Å². The fourth-order valence-corrected chi connectivity index (χ4v) is 3.61. The summed E-state index contributed by atoms with van der Waals surface area (Å²) in [4.78, 5) is 4.30. The lowest BCUT2D eigenvalue weighted by molar-refractivity contribution is 0.270. The van der Waals surface area contributed by atoms with E-state index in [-0.39, 0.29) is 24.0 Å². The summed E-state index contributed by atoms with van der Waals surface area (Å²) in [5.74, 6) is 3.46. The van der Waals surface area contributed by atoms with E-state index in [1.807, 2.05) is 28.8 Å². The molecule has 0 amide bonds. The predicted octanol–water partition coefficient (Wildman–Crippen LogP) is 3.23. The van der Waals surface area contributed by atoms with Crippen molar-refractivity contribution < 1.29 is 0 Å². The largest absolute Gasteiger partial charge is 0.356 e. The number of guanidine groups is 1. The molecule has 25 heavy (non-hydrogen) atoms. The Morgan fingerprint density at radius 1 is 1.28 bits per heavy atom. The molecule has 2 N–H and O–H groups in total. The van der Waals surface area contributed by atoms with Gasteiger partial charge in [-0.15, -0.1) is 34.2 Å².